The van der Waals surface area contributed by atoms with Gasteiger partial charge in [0.1, 0.15) is 17.2 Å². The maximum atomic E-state index is 14.1. The molecule has 42 heavy (non-hydrogen) atoms. The van der Waals surface area contributed by atoms with E-state index in [1.54, 1.807) is 18.9 Å². The van der Waals surface area contributed by atoms with E-state index in [9.17, 15) is 4.79 Å². The van der Waals surface area contributed by atoms with Crippen molar-refractivity contribution in [2.24, 2.45) is 0 Å². The van der Waals surface area contributed by atoms with Gasteiger partial charge in [-0.15, -0.1) is 0 Å². The van der Waals surface area contributed by atoms with Crippen LogP contribution in [0.1, 0.15) is 27.7 Å². The summed E-state index contributed by atoms with van der Waals surface area (Å²) in [4.78, 5) is 18.5. The zero-order valence-electron chi connectivity index (χ0n) is 23.9. The first-order valence-electron chi connectivity index (χ1n) is 14.2. The van der Waals surface area contributed by atoms with Crippen LogP contribution in [0.4, 0.5) is 0 Å². The van der Waals surface area contributed by atoms with E-state index in [2.05, 4.69) is 53.4 Å². The van der Waals surface area contributed by atoms with Crippen LogP contribution in [0.25, 0.3) is 16.9 Å². The van der Waals surface area contributed by atoms with Gasteiger partial charge in [0.15, 0.2) is 0 Å². The average Bonchev–Trinajstić information content (AvgIpc) is 3.51. The van der Waals surface area contributed by atoms with Crippen molar-refractivity contribution in [3.63, 3.8) is 0 Å². The van der Waals surface area contributed by atoms with E-state index in [0.717, 1.165) is 41.5 Å². The van der Waals surface area contributed by atoms with Crippen molar-refractivity contribution in [3.8, 4) is 28.4 Å². The molecular formula is C35H34N4O3. The molecule has 4 aromatic carbocycles. The molecule has 1 amide bonds. The number of piperazine rings is 1. The Labute approximate surface area is 246 Å². The summed E-state index contributed by atoms with van der Waals surface area (Å²) in [5.74, 6) is 1.48. The number of aromatic nitrogens is 2. The number of amides is 1. The van der Waals surface area contributed by atoms with Gasteiger partial charge in [-0.05, 0) is 65.7 Å². The van der Waals surface area contributed by atoms with Crippen molar-refractivity contribution in [2.45, 2.75) is 6.04 Å². The first kappa shape index (κ1) is 27.3. The molecule has 1 aliphatic rings. The Hall–Kier alpha value is -4.88. The third-order valence-electron chi connectivity index (χ3n) is 7.83. The Balaban J connectivity index is 1.27. The van der Waals surface area contributed by atoms with E-state index in [-0.39, 0.29) is 11.9 Å². The molecule has 0 bridgehead atoms. The molecule has 0 saturated carbocycles. The van der Waals surface area contributed by atoms with Crippen molar-refractivity contribution in [3.05, 3.63) is 132 Å². The van der Waals surface area contributed by atoms with Gasteiger partial charge in [0, 0.05) is 31.7 Å². The monoisotopic (exact) mass is 558 g/mol. The Morgan fingerprint density at radius 1 is 0.690 bits per heavy atom. The second-order valence-electron chi connectivity index (χ2n) is 10.3. The van der Waals surface area contributed by atoms with Gasteiger partial charge in [-0.3, -0.25) is 9.69 Å². The molecule has 212 valence electrons. The molecule has 0 N–H and O–H groups in total. The normalized spacial score (nSPS) is 13.7. The van der Waals surface area contributed by atoms with Crippen LogP contribution in [-0.2, 0) is 0 Å². The number of hydrogen-bond donors (Lipinski definition) is 0. The van der Waals surface area contributed by atoms with Gasteiger partial charge in [0.05, 0.1) is 31.6 Å². The highest BCUT2D eigenvalue weighted by Crippen LogP contribution is 2.30. The van der Waals surface area contributed by atoms with Gasteiger partial charge in [-0.25, -0.2) is 4.68 Å². The third-order valence-corrected chi connectivity index (χ3v) is 7.83. The highest BCUT2D eigenvalue weighted by atomic mass is 16.5. The SMILES string of the molecule is COc1ccc(-c2cc(C(=O)N3CCN(C(c4ccccc4)c4ccccc4)CC3)n(-c3ccc(OC)cc3)n2)cc1. The molecule has 1 aliphatic heterocycles. The van der Waals surface area contributed by atoms with Crippen LogP contribution >= 0.6 is 0 Å². The first-order valence-corrected chi connectivity index (χ1v) is 14.2. The number of benzene rings is 4. The van der Waals surface area contributed by atoms with Gasteiger partial charge >= 0.3 is 0 Å². The Morgan fingerprint density at radius 2 is 1.21 bits per heavy atom. The number of hydrogen-bond acceptors (Lipinski definition) is 5. The summed E-state index contributed by atoms with van der Waals surface area (Å²) < 4.78 is 12.4. The van der Waals surface area contributed by atoms with E-state index in [1.165, 1.54) is 11.1 Å². The van der Waals surface area contributed by atoms with Crippen LogP contribution in [0, 0.1) is 0 Å². The van der Waals surface area contributed by atoms with Crippen LogP contribution in [-0.4, -0.2) is 65.9 Å². The fourth-order valence-corrected chi connectivity index (χ4v) is 5.59. The second kappa shape index (κ2) is 12.3. The molecule has 5 aromatic rings. The van der Waals surface area contributed by atoms with Gasteiger partial charge < -0.3 is 14.4 Å². The molecule has 2 heterocycles. The van der Waals surface area contributed by atoms with Crippen LogP contribution in [0.2, 0.25) is 0 Å². The summed E-state index contributed by atoms with van der Waals surface area (Å²) in [5, 5.41) is 4.88. The summed E-state index contributed by atoms with van der Waals surface area (Å²) in [7, 11) is 3.28. The van der Waals surface area contributed by atoms with Crippen molar-refractivity contribution >= 4 is 5.91 Å². The lowest BCUT2D eigenvalue weighted by Crippen LogP contribution is -2.50. The maximum Gasteiger partial charge on any atom is 0.272 e. The minimum Gasteiger partial charge on any atom is -0.497 e. The fourth-order valence-electron chi connectivity index (χ4n) is 5.59. The van der Waals surface area contributed by atoms with E-state index in [0.29, 0.717) is 18.8 Å². The summed E-state index contributed by atoms with van der Waals surface area (Å²) in [6.07, 6.45) is 0. The third kappa shape index (κ3) is 5.64. The highest BCUT2D eigenvalue weighted by molar-refractivity contribution is 5.94. The standard InChI is InChI=1S/C35H34N4O3/c1-41-30-17-13-26(14-18-30)32-25-33(39(36-32)29-15-19-31(42-2)20-16-29)35(40)38-23-21-37(22-24-38)34(27-9-5-3-6-10-27)28-11-7-4-8-12-28/h3-20,25,34H,21-24H2,1-2H3. The first-order chi connectivity index (χ1) is 20.6. The predicted octanol–water partition coefficient (Wildman–Crippen LogP) is 6.10. The lowest BCUT2D eigenvalue weighted by Gasteiger charge is -2.39. The van der Waals surface area contributed by atoms with Crippen molar-refractivity contribution in [1.82, 2.24) is 19.6 Å². The van der Waals surface area contributed by atoms with Crippen molar-refractivity contribution in [1.29, 1.82) is 0 Å². The van der Waals surface area contributed by atoms with Gasteiger partial charge in [0.25, 0.3) is 5.91 Å². The lowest BCUT2D eigenvalue weighted by molar-refractivity contribution is 0.0588. The molecule has 0 aliphatic carbocycles. The predicted molar refractivity (Wildman–Crippen MR) is 164 cm³/mol. The minimum atomic E-state index is -0.0336. The van der Waals surface area contributed by atoms with E-state index in [1.807, 2.05) is 71.6 Å². The number of nitrogens with zero attached hydrogens (tertiary/aromatic N) is 4. The molecule has 1 saturated heterocycles. The highest BCUT2D eigenvalue weighted by Gasteiger charge is 2.30. The van der Waals surface area contributed by atoms with Crippen molar-refractivity contribution < 1.29 is 14.3 Å². The Morgan fingerprint density at radius 3 is 1.74 bits per heavy atom. The number of carbonyl (C=O) groups excluding carboxylic acids is 1. The lowest BCUT2D eigenvalue weighted by atomic mass is 9.96. The van der Waals surface area contributed by atoms with Crippen LogP contribution in [0.3, 0.4) is 0 Å². The summed E-state index contributed by atoms with van der Waals surface area (Å²) in [6.45, 7) is 2.78. The quantitative estimate of drug-likeness (QED) is 0.230. The summed E-state index contributed by atoms with van der Waals surface area (Å²) in [6, 6.07) is 38.5. The number of methoxy groups -OCH3 is 2. The van der Waals surface area contributed by atoms with E-state index < -0.39 is 0 Å². The molecule has 0 unspecified atom stereocenters. The largest absolute Gasteiger partial charge is 0.497 e. The smallest absolute Gasteiger partial charge is 0.272 e. The molecular weight excluding hydrogens is 524 g/mol. The zero-order valence-corrected chi connectivity index (χ0v) is 23.9. The molecule has 0 radical (unpaired) electrons. The van der Waals surface area contributed by atoms with Crippen LogP contribution in [0.15, 0.2) is 115 Å². The molecule has 7 heteroatoms. The summed E-state index contributed by atoms with van der Waals surface area (Å²) in [5.41, 5.74) is 5.47. The molecule has 6 rings (SSSR count). The fraction of sp³-hybridized carbons (Fsp3) is 0.200. The maximum absolute atomic E-state index is 14.1. The molecule has 0 spiro atoms. The van der Waals surface area contributed by atoms with Crippen LogP contribution < -0.4 is 9.47 Å². The Bertz CT molecular complexity index is 1570. The zero-order chi connectivity index (χ0) is 28.9. The molecule has 1 fully saturated rings. The second-order valence-corrected chi connectivity index (χ2v) is 10.3. The van der Waals surface area contributed by atoms with E-state index >= 15 is 0 Å². The number of rotatable bonds is 8. The van der Waals surface area contributed by atoms with Gasteiger partial charge in [0.2, 0.25) is 0 Å². The minimum absolute atomic E-state index is 0.0336. The Kier molecular flexibility index (Phi) is 8.01. The van der Waals surface area contributed by atoms with Gasteiger partial charge in [-0.1, -0.05) is 60.7 Å². The topological polar surface area (TPSA) is 59.8 Å². The van der Waals surface area contributed by atoms with Crippen molar-refractivity contribution in [2.75, 3.05) is 40.4 Å². The number of ether oxygens (including phenoxy) is 2. The molecule has 1 aromatic heterocycles. The average molecular weight is 559 g/mol. The van der Waals surface area contributed by atoms with Crippen LogP contribution in [0.5, 0.6) is 11.5 Å². The van der Waals surface area contributed by atoms with Gasteiger partial charge in [-0.2, -0.15) is 5.10 Å². The molecule has 7 nitrogen and oxygen atoms in total. The number of carbonyl (C=O) groups is 1. The molecule has 0 atom stereocenters. The van der Waals surface area contributed by atoms with E-state index in [4.69, 9.17) is 14.6 Å². The summed E-state index contributed by atoms with van der Waals surface area (Å²) >= 11 is 0.